The monoisotopic (exact) mass is 342 g/mol. The summed E-state index contributed by atoms with van der Waals surface area (Å²) in [6.45, 7) is 4.76. The lowest BCUT2D eigenvalue weighted by Gasteiger charge is -2.35. The Hall–Kier alpha value is -0.660. The van der Waals surface area contributed by atoms with Gasteiger partial charge in [-0.25, -0.2) is 10.4 Å². The number of ether oxygens (including phenoxy) is 1. The van der Waals surface area contributed by atoms with Crippen molar-refractivity contribution in [1.29, 1.82) is 0 Å². The maximum atomic E-state index is 5.92. The van der Waals surface area contributed by atoms with Crippen molar-refractivity contribution in [3.05, 3.63) is 28.2 Å². The third-order valence-corrected chi connectivity index (χ3v) is 4.28. The molecule has 0 saturated carbocycles. The molecule has 6 heteroatoms. The van der Waals surface area contributed by atoms with Crippen LogP contribution in [-0.2, 0) is 0 Å². The molecule has 0 spiro atoms. The number of methoxy groups -OCH3 is 1. The molecular weight excluding hydrogens is 320 g/mol. The molecule has 0 bridgehead atoms. The van der Waals surface area contributed by atoms with Crippen LogP contribution in [0.15, 0.2) is 22.7 Å². The zero-order valence-corrected chi connectivity index (χ0v) is 13.7. The summed E-state index contributed by atoms with van der Waals surface area (Å²) >= 11 is 3.52. The molecule has 1 saturated heterocycles. The van der Waals surface area contributed by atoms with Gasteiger partial charge in [0.25, 0.3) is 0 Å². The summed E-state index contributed by atoms with van der Waals surface area (Å²) < 4.78 is 6.22. The van der Waals surface area contributed by atoms with Crippen molar-refractivity contribution in [2.45, 2.75) is 6.04 Å². The quantitative estimate of drug-likeness (QED) is 0.842. The molecule has 0 radical (unpaired) electrons. The van der Waals surface area contributed by atoms with E-state index in [4.69, 9.17) is 10.5 Å². The number of benzene rings is 1. The Bertz CT molecular complexity index is 435. The van der Waals surface area contributed by atoms with Gasteiger partial charge in [0, 0.05) is 32.7 Å². The number of hydrogen-bond donors (Lipinski definition) is 2. The molecule has 1 unspecified atom stereocenters. The van der Waals surface area contributed by atoms with Crippen molar-refractivity contribution in [1.82, 2.24) is 15.3 Å². The van der Waals surface area contributed by atoms with E-state index in [0.717, 1.165) is 36.4 Å². The van der Waals surface area contributed by atoms with E-state index in [1.807, 2.05) is 6.07 Å². The van der Waals surface area contributed by atoms with Gasteiger partial charge in [-0.05, 0) is 40.7 Å². The highest BCUT2D eigenvalue weighted by molar-refractivity contribution is 9.10. The van der Waals surface area contributed by atoms with Gasteiger partial charge in [-0.3, -0.25) is 0 Å². The van der Waals surface area contributed by atoms with E-state index in [1.165, 1.54) is 5.56 Å². The van der Waals surface area contributed by atoms with Gasteiger partial charge >= 0.3 is 0 Å². The van der Waals surface area contributed by atoms with Gasteiger partial charge < -0.3 is 15.4 Å². The predicted molar refractivity (Wildman–Crippen MR) is 84.7 cm³/mol. The summed E-state index contributed by atoms with van der Waals surface area (Å²) in [5, 5.41) is 2.26. The molecule has 1 aromatic rings. The van der Waals surface area contributed by atoms with Crippen molar-refractivity contribution in [2.75, 3.05) is 46.9 Å². The lowest BCUT2D eigenvalue weighted by molar-refractivity contribution is 0.0880. The Morgan fingerprint density at radius 3 is 2.60 bits per heavy atom. The number of nitrogens with zero attached hydrogens (tertiary/aromatic N) is 2. The Morgan fingerprint density at radius 2 is 2.05 bits per heavy atom. The summed E-state index contributed by atoms with van der Waals surface area (Å²) in [5.41, 5.74) is 10.6. The molecule has 0 aliphatic carbocycles. The SMILES string of the molecule is COc1ccc(C(CN)NN2CCN(C)CC2)cc1Br. The minimum absolute atomic E-state index is 0.126. The van der Waals surface area contributed by atoms with Gasteiger partial charge in [-0.1, -0.05) is 6.07 Å². The van der Waals surface area contributed by atoms with Crippen LogP contribution >= 0.6 is 15.9 Å². The molecule has 1 fully saturated rings. The maximum absolute atomic E-state index is 5.92. The topological polar surface area (TPSA) is 53.8 Å². The fourth-order valence-corrected chi connectivity index (χ4v) is 2.88. The largest absolute Gasteiger partial charge is 0.496 e. The molecule has 1 aromatic carbocycles. The van der Waals surface area contributed by atoms with Gasteiger partial charge in [0.05, 0.1) is 17.6 Å². The third-order valence-electron chi connectivity index (χ3n) is 3.66. The van der Waals surface area contributed by atoms with Crippen molar-refractivity contribution < 1.29 is 4.74 Å². The van der Waals surface area contributed by atoms with Crippen molar-refractivity contribution in [3.63, 3.8) is 0 Å². The predicted octanol–water partition coefficient (Wildman–Crippen LogP) is 1.21. The summed E-state index contributed by atoms with van der Waals surface area (Å²) in [6, 6.07) is 6.22. The van der Waals surface area contributed by atoms with Crippen LogP contribution in [0.3, 0.4) is 0 Å². The molecule has 1 aliphatic heterocycles. The van der Waals surface area contributed by atoms with E-state index < -0.39 is 0 Å². The van der Waals surface area contributed by atoms with Crippen LogP contribution in [0.1, 0.15) is 11.6 Å². The summed E-state index contributed by atoms with van der Waals surface area (Å²) in [5.74, 6) is 0.837. The normalized spacial score (nSPS) is 19.0. The number of hydrazine groups is 1. The fourth-order valence-electron chi connectivity index (χ4n) is 2.32. The summed E-state index contributed by atoms with van der Waals surface area (Å²) in [7, 11) is 3.82. The standard InChI is InChI=1S/C14H23BrN4O/c1-18-5-7-19(8-6-18)17-13(10-16)11-3-4-14(20-2)12(15)9-11/h3-4,9,13,17H,5-8,10,16H2,1-2H3. The minimum Gasteiger partial charge on any atom is -0.496 e. The van der Waals surface area contributed by atoms with E-state index in [1.54, 1.807) is 7.11 Å². The molecule has 1 aliphatic rings. The number of halogens is 1. The van der Waals surface area contributed by atoms with Crippen LogP contribution in [0.25, 0.3) is 0 Å². The van der Waals surface area contributed by atoms with Crippen LogP contribution < -0.4 is 15.9 Å². The van der Waals surface area contributed by atoms with E-state index in [0.29, 0.717) is 6.54 Å². The second kappa shape index (κ2) is 7.38. The Kier molecular flexibility index (Phi) is 5.80. The molecule has 1 heterocycles. The molecule has 1 atom stereocenters. The van der Waals surface area contributed by atoms with Crippen molar-refractivity contribution in [2.24, 2.45) is 5.73 Å². The van der Waals surface area contributed by atoms with Gasteiger partial charge in [0.2, 0.25) is 0 Å². The minimum atomic E-state index is 0.126. The first-order valence-corrected chi connectivity index (χ1v) is 7.66. The van der Waals surface area contributed by atoms with Crippen molar-refractivity contribution >= 4 is 15.9 Å². The lowest BCUT2D eigenvalue weighted by Crippen LogP contribution is -2.52. The van der Waals surface area contributed by atoms with Gasteiger partial charge in [-0.15, -0.1) is 0 Å². The summed E-state index contributed by atoms with van der Waals surface area (Å²) in [4.78, 5) is 2.33. The molecule has 0 aromatic heterocycles. The van der Waals surface area contributed by atoms with E-state index >= 15 is 0 Å². The zero-order valence-electron chi connectivity index (χ0n) is 12.1. The van der Waals surface area contributed by atoms with Crippen LogP contribution in [0.4, 0.5) is 0 Å². The number of rotatable bonds is 5. The van der Waals surface area contributed by atoms with E-state index in [9.17, 15) is 0 Å². The van der Waals surface area contributed by atoms with Crippen LogP contribution in [0.5, 0.6) is 5.75 Å². The highest BCUT2D eigenvalue weighted by Gasteiger charge is 2.18. The second-order valence-electron chi connectivity index (χ2n) is 5.10. The molecule has 2 rings (SSSR count). The maximum Gasteiger partial charge on any atom is 0.133 e. The third kappa shape index (κ3) is 3.93. The highest BCUT2D eigenvalue weighted by Crippen LogP contribution is 2.28. The van der Waals surface area contributed by atoms with Crippen LogP contribution in [0.2, 0.25) is 0 Å². The molecule has 3 N–H and O–H groups in total. The van der Waals surface area contributed by atoms with Gasteiger partial charge in [-0.2, -0.15) is 0 Å². The van der Waals surface area contributed by atoms with Crippen molar-refractivity contribution in [3.8, 4) is 5.75 Å². The average Bonchev–Trinajstić information content (AvgIpc) is 2.46. The molecule has 20 heavy (non-hydrogen) atoms. The second-order valence-corrected chi connectivity index (χ2v) is 5.96. The van der Waals surface area contributed by atoms with Gasteiger partial charge in [0.15, 0.2) is 0 Å². The van der Waals surface area contributed by atoms with Crippen LogP contribution in [-0.4, -0.2) is 56.8 Å². The number of nitrogens with two attached hydrogens (primary N) is 1. The number of likely N-dealkylation sites (N-methyl/N-ethyl adjacent to an activating group) is 1. The van der Waals surface area contributed by atoms with Crippen LogP contribution in [0, 0.1) is 0 Å². The van der Waals surface area contributed by atoms with Gasteiger partial charge in [0.1, 0.15) is 5.75 Å². The fraction of sp³-hybridized carbons (Fsp3) is 0.571. The number of piperazine rings is 1. The summed E-state index contributed by atoms with van der Waals surface area (Å²) in [6.07, 6.45) is 0. The average molecular weight is 343 g/mol. The van der Waals surface area contributed by atoms with E-state index in [2.05, 4.69) is 50.4 Å². The smallest absolute Gasteiger partial charge is 0.133 e. The first kappa shape index (κ1) is 15.7. The Labute approximate surface area is 129 Å². The Balaban J connectivity index is 2.02. The lowest BCUT2D eigenvalue weighted by atomic mass is 10.1. The first-order valence-electron chi connectivity index (χ1n) is 6.87. The molecule has 112 valence electrons. The first-order chi connectivity index (χ1) is 9.63. The molecule has 0 amide bonds. The number of hydrogen-bond acceptors (Lipinski definition) is 5. The highest BCUT2D eigenvalue weighted by atomic mass is 79.9. The number of nitrogens with one attached hydrogen (secondary N) is 1. The molecular formula is C14H23BrN4O. The van der Waals surface area contributed by atoms with E-state index in [-0.39, 0.29) is 6.04 Å². The Morgan fingerprint density at radius 1 is 1.35 bits per heavy atom. The zero-order chi connectivity index (χ0) is 14.5. The molecule has 5 nitrogen and oxygen atoms in total.